The van der Waals surface area contributed by atoms with Gasteiger partial charge in [0.2, 0.25) is 5.91 Å². The normalized spacial score (nSPS) is 16.2. The lowest BCUT2D eigenvalue weighted by Crippen LogP contribution is -2.35. The smallest absolute Gasteiger partial charge is 0.248 e. The van der Waals surface area contributed by atoms with Gasteiger partial charge in [-0.25, -0.2) is 0 Å². The number of alkyl halides is 1. The fourth-order valence-electron chi connectivity index (χ4n) is 2.21. The zero-order valence-electron chi connectivity index (χ0n) is 11.9. The van der Waals surface area contributed by atoms with Gasteiger partial charge in [0.15, 0.2) is 0 Å². The van der Waals surface area contributed by atoms with Gasteiger partial charge in [0.05, 0.1) is 0 Å². The van der Waals surface area contributed by atoms with E-state index in [1.54, 1.807) is 11.8 Å². The van der Waals surface area contributed by atoms with Crippen molar-refractivity contribution in [3.8, 4) is 0 Å². The molecule has 1 N–H and O–H groups in total. The molecule has 2 rings (SSSR count). The van der Waals surface area contributed by atoms with E-state index < -0.39 is 0 Å². The Morgan fingerprint density at radius 2 is 2.05 bits per heavy atom. The predicted octanol–water partition coefficient (Wildman–Crippen LogP) is 4.29. The number of rotatable bonds is 5. The first-order valence-corrected chi connectivity index (χ1v) is 9.23. The van der Waals surface area contributed by atoms with Crippen molar-refractivity contribution in [2.24, 2.45) is 0 Å². The van der Waals surface area contributed by atoms with Gasteiger partial charge >= 0.3 is 0 Å². The van der Waals surface area contributed by atoms with E-state index in [-0.39, 0.29) is 10.7 Å². The molecule has 1 aromatic rings. The van der Waals surface area contributed by atoms with Gasteiger partial charge < -0.3 is 5.32 Å². The van der Waals surface area contributed by atoms with E-state index in [0.29, 0.717) is 0 Å². The van der Waals surface area contributed by atoms with E-state index in [2.05, 4.69) is 53.9 Å². The van der Waals surface area contributed by atoms with E-state index in [0.717, 1.165) is 35.0 Å². The Morgan fingerprint density at radius 3 is 2.80 bits per heavy atom. The monoisotopic (exact) mass is 401 g/mol. The Morgan fingerprint density at radius 1 is 1.30 bits per heavy atom. The Balaban J connectivity index is 2.13. The van der Waals surface area contributed by atoms with Gasteiger partial charge in [0, 0.05) is 21.8 Å². The molecule has 0 unspecified atom stereocenters. The average molecular weight is 401 g/mol. The van der Waals surface area contributed by atoms with Crippen LogP contribution in [-0.2, 0) is 4.79 Å². The SMILES string of the molecule is CC1(C)Sc2ccccc2C=C1C(=O)NCCCCI. The van der Waals surface area contributed by atoms with Crippen LogP contribution in [-0.4, -0.2) is 21.6 Å². The predicted molar refractivity (Wildman–Crippen MR) is 95.5 cm³/mol. The number of thioether (sulfide) groups is 1. The molecule has 0 aromatic heterocycles. The lowest BCUT2D eigenvalue weighted by atomic mass is 9.97. The molecular weight excluding hydrogens is 381 g/mol. The highest BCUT2D eigenvalue weighted by molar-refractivity contribution is 14.1. The lowest BCUT2D eigenvalue weighted by molar-refractivity contribution is -0.117. The van der Waals surface area contributed by atoms with E-state index in [9.17, 15) is 4.79 Å². The summed E-state index contributed by atoms with van der Waals surface area (Å²) in [5, 5.41) is 3.05. The number of carbonyl (C=O) groups is 1. The van der Waals surface area contributed by atoms with E-state index in [1.807, 2.05) is 18.2 Å². The number of hydrogen-bond donors (Lipinski definition) is 1. The summed E-state index contributed by atoms with van der Waals surface area (Å²) in [6, 6.07) is 8.25. The second kappa shape index (κ2) is 6.98. The zero-order chi connectivity index (χ0) is 14.6. The Kier molecular flexibility index (Phi) is 5.55. The second-order valence-electron chi connectivity index (χ2n) is 5.36. The number of unbranched alkanes of at least 4 members (excludes halogenated alkanes) is 1. The van der Waals surface area contributed by atoms with Crippen LogP contribution in [0.3, 0.4) is 0 Å². The molecule has 4 heteroatoms. The molecule has 0 aliphatic carbocycles. The number of halogens is 1. The fraction of sp³-hybridized carbons (Fsp3) is 0.438. The number of hydrogen-bond acceptors (Lipinski definition) is 2. The number of amides is 1. The van der Waals surface area contributed by atoms with Gasteiger partial charge in [0.1, 0.15) is 0 Å². The van der Waals surface area contributed by atoms with Crippen LogP contribution < -0.4 is 5.32 Å². The topological polar surface area (TPSA) is 29.1 Å². The average Bonchev–Trinajstić information content (AvgIpc) is 2.41. The number of nitrogens with one attached hydrogen (secondary N) is 1. The van der Waals surface area contributed by atoms with E-state index in [4.69, 9.17) is 0 Å². The first-order valence-electron chi connectivity index (χ1n) is 6.89. The molecule has 0 spiro atoms. The molecule has 1 amide bonds. The molecule has 108 valence electrons. The minimum atomic E-state index is -0.179. The zero-order valence-corrected chi connectivity index (χ0v) is 14.9. The highest BCUT2D eigenvalue weighted by Crippen LogP contribution is 2.44. The van der Waals surface area contributed by atoms with Crippen LogP contribution in [0.25, 0.3) is 6.08 Å². The highest BCUT2D eigenvalue weighted by atomic mass is 127. The third-order valence-electron chi connectivity index (χ3n) is 3.32. The third-order valence-corrected chi connectivity index (χ3v) is 5.41. The molecule has 0 saturated carbocycles. The van der Waals surface area contributed by atoms with E-state index >= 15 is 0 Å². The maximum Gasteiger partial charge on any atom is 0.248 e. The molecule has 1 aromatic carbocycles. The third kappa shape index (κ3) is 3.79. The van der Waals surface area contributed by atoms with Gasteiger partial charge in [-0.1, -0.05) is 40.8 Å². The van der Waals surface area contributed by atoms with Crippen LogP contribution >= 0.6 is 34.4 Å². The van der Waals surface area contributed by atoms with Crippen LogP contribution in [0.1, 0.15) is 32.3 Å². The Bertz CT molecular complexity index is 525. The molecule has 0 saturated heterocycles. The first-order chi connectivity index (χ1) is 9.54. The van der Waals surface area contributed by atoms with Crippen LogP contribution in [0.2, 0.25) is 0 Å². The van der Waals surface area contributed by atoms with Crippen molar-refractivity contribution in [2.75, 3.05) is 11.0 Å². The first kappa shape index (κ1) is 15.9. The summed E-state index contributed by atoms with van der Waals surface area (Å²) in [4.78, 5) is 13.6. The summed E-state index contributed by atoms with van der Waals surface area (Å²) in [6.07, 6.45) is 4.24. The highest BCUT2D eigenvalue weighted by Gasteiger charge is 2.33. The molecule has 2 nitrogen and oxygen atoms in total. The summed E-state index contributed by atoms with van der Waals surface area (Å²) in [5.41, 5.74) is 2.02. The van der Waals surface area contributed by atoms with Gasteiger partial charge in [0.25, 0.3) is 0 Å². The van der Waals surface area contributed by atoms with Gasteiger partial charge in [-0.15, -0.1) is 11.8 Å². The second-order valence-corrected chi connectivity index (χ2v) is 8.10. The molecule has 1 heterocycles. The van der Waals surface area contributed by atoms with Crippen LogP contribution in [0.15, 0.2) is 34.7 Å². The Labute approximate surface area is 138 Å². The quantitative estimate of drug-likeness (QED) is 0.453. The molecule has 0 atom stereocenters. The minimum Gasteiger partial charge on any atom is -0.352 e. The van der Waals surface area contributed by atoms with Crippen LogP contribution in [0, 0.1) is 0 Å². The number of carbonyl (C=O) groups excluding carboxylic acids is 1. The van der Waals surface area contributed by atoms with Crippen molar-refractivity contribution in [3.05, 3.63) is 35.4 Å². The van der Waals surface area contributed by atoms with Gasteiger partial charge in [-0.3, -0.25) is 4.79 Å². The molecule has 0 fully saturated rings. The maximum atomic E-state index is 12.4. The van der Waals surface area contributed by atoms with Crippen molar-refractivity contribution in [2.45, 2.75) is 36.3 Å². The maximum absolute atomic E-state index is 12.4. The van der Waals surface area contributed by atoms with Gasteiger partial charge in [-0.05, 0) is 48.8 Å². The molecule has 1 aliphatic rings. The molecule has 0 bridgehead atoms. The summed E-state index contributed by atoms with van der Waals surface area (Å²) in [6.45, 7) is 5.00. The molecule has 1 aliphatic heterocycles. The van der Waals surface area contributed by atoms with Crippen molar-refractivity contribution >= 4 is 46.3 Å². The summed E-state index contributed by atoms with van der Waals surface area (Å²) in [5.74, 6) is 0.0745. The summed E-state index contributed by atoms with van der Waals surface area (Å²) < 4.78 is 0.965. The molecule has 0 radical (unpaired) electrons. The van der Waals surface area contributed by atoms with Crippen molar-refractivity contribution in [1.29, 1.82) is 0 Å². The number of fused-ring (bicyclic) bond motifs is 1. The minimum absolute atomic E-state index is 0.0745. The summed E-state index contributed by atoms with van der Waals surface area (Å²) in [7, 11) is 0. The van der Waals surface area contributed by atoms with Crippen molar-refractivity contribution in [3.63, 3.8) is 0 Å². The summed E-state index contributed by atoms with van der Waals surface area (Å²) >= 11 is 4.13. The standard InChI is InChI=1S/C16H20INOS/c1-16(2)13(15(19)18-10-6-5-9-17)11-12-7-3-4-8-14(12)20-16/h3-4,7-8,11H,5-6,9-10H2,1-2H3,(H,18,19). The van der Waals surface area contributed by atoms with Crippen LogP contribution in [0.5, 0.6) is 0 Å². The largest absolute Gasteiger partial charge is 0.352 e. The Hall–Kier alpha value is -0.490. The molecule has 20 heavy (non-hydrogen) atoms. The number of benzene rings is 1. The lowest BCUT2D eigenvalue weighted by Gasteiger charge is -2.31. The van der Waals surface area contributed by atoms with E-state index in [1.165, 1.54) is 4.90 Å². The van der Waals surface area contributed by atoms with Crippen molar-refractivity contribution in [1.82, 2.24) is 5.32 Å². The molecular formula is C16H20INOS. The van der Waals surface area contributed by atoms with Crippen molar-refractivity contribution < 1.29 is 4.79 Å². The van der Waals surface area contributed by atoms with Gasteiger partial charge in [-0.2, -0.15) is 0 Å². The van der Waals surface area contributed by atoms with Crippen LogP contribution in [0.4, 0.5) is 0 Å². The fourth-order valence-corrected chi connectivity index (χ4v) is 3.95.